The van der Waals surface area contributed by atoms with Crippen molar-refractivity contribution in [2.24, 2.45) is 5.73 Å². The number of nitriles is 1. The molecule has 0 aromatic carbocycles. The molecule has 0 saturated carbocycles. The van der Waals surface area contributed by atoms with E-state index >= 15 is 0 Å². The summed E-state index contributed by atoms with van der Waals surface area (Å²) >= 11 is 0. The fourth-order valence-corrected chi connectivity index (χ4v) is 0.977. The summed E-state index contributed by atoms with van der Waals surface area (Å²) in [5.74, 6) is -2.07. The fraction of sp³-hybridized carbons (Fsp3) is 0.400. The summed E-state index contributed by atoms with van der Waals surface area (Å²) in [7, 11) is 0. The van der Waals surface area contributed by atoms with Gasteiger partial charge in [-0.15, -0.1) is 0 Å². The van der Waals surface area contributed by atoms with Crippen LogP contribution < -0.4 is 11.1 Å². The molecule has 0 aromatic heterocycles. The molecule has 0 rings (SSSR count). The van der Waals surface area contributed by atoms with E-state index < -0.39 is 18.4 Å². The number of nitrogens with one attached hydrogen (secondary N) is 1. The van der Waals surface area contributed by atoms with Crippen LogP contribution in [0, 0.1) is 11.3 Å². The Bertz CT molecular complexity index is 386. The SMILES string of the molecule is N#C/C(=C/N(C=O)CCCN)C(=O)NCC(=O)O. The number of amides is 2. The molecule has 0 radical (unpaired) electrons. The zero-order valence-corrected chi connectivity index (χ0v) is 9.63. The molecule has 2 amide bonds. The summed E-state index contributed by atoms with van der Waals surface area (Å²) in [6.07, 6.45) is 2.03. The number of nitrogens with zero attached hydrogens (tertiary/aromatic N) is 2. The molecule has 8 nitrogen and oxygen atoms in total. The molecule has 0 fully saturated rings. The minimum absolute atomic E-state index is 0.275. The Kier molecular flexibility index (Phi) is 7.56. The number of aliphatic carboxylic acids is 1. The molecule has 0 saturated heterocycles. The van der Waals surface area contributed by atoms with Crippen LogP contribution in [0.1, 0.15) is 6.42 Å². The molecule has 0 aromatic rings. The second-order valence-corrected chi connectivity index (χ2v) is 3.22. The third-order valence-corrected chi connectivity index (χ3v) is 1.82. The van der Waals surface area contributed by atoms with Crippen LogP contribution in [0.5, 0.6) is 0 Å². The molecule has 0 aliphatic carbocycles. The molecule has 0 aliphatic rings. The number of carboxylic acids is 1. The second kappa shape index (κ2) is 8.72. The fourth-order valence-electron chi connectivity index (χ4n) is 0.977. The van der Waals surface area contributed by atoms with Gasteiger partial charge in [-0.1, -0.05) is 0 Å². The number of rotatable bonds is 8. The Balaban J connectivity index is 4.62. The van der Waals surface area contributed by atoms with E-state index in [1.165, 1.54) is 0 Å². The second-order valence-electron chi connectivity index (χ2n) is 3.22. The lowest BCUT2D eigenvalue weighted by molar-refractivity contribution is -0.137. The molecular weight excluding hydrogens is 240 g/mol. The maximum atomic E-state index is 11.4. The highest BCUT2D eigenvalue weighted by Gasteiger charge is 2.11. The van der Waals surface area contributed by atoms with Crippen LogP contribution >= 0.6 is 0 Å². The van der Waals surface area contributed by atoms with E-state index in [9.17, 15) is 14.4 Å². The Morgan fingerprint density at radius 3 is 2.61 bits per heavy atom. The van der Waals surface area contributed by atoms with Gasteiger partial charge in [-0.2, -0.15) is 5.26 Å². The highest BCUT2D eigenvalue weighted by atomic mass is 16.4. The maximum absolute atomic E-state index is 11.4. The Morgan fingerprint density at radius 2 is 2.17 bits per heavy atom. The van der Waals surface area contributed by atoms with Crippen molar-refractivity contribution in [2.45, 2.75) is 6.42 Å². The van der Waals surface area contributed by atoms with Gasteiger partial charge in [0.15, 0.2) is 0 Å². The Labute approximate surface area is 104 Å². The van der Waals surface area contributed by atoms with E-state index in [1.807, 2.05) is 5.32 Å². The van der Waals surface area contributed by atoms with Crippen molar-refractivity contribution in [2.75, 3.05) is 19.6 Å². The van der Waals surface area contributed by atoms with Crippen molar-refractivity contribution in [1.82, 2.24) is 10.2 Å². The largest absolute Gasteiger partial charge is 0.480 e. The molecule has 4 N–H and O–H groups in total. The van der Waals surface area contributed by atoms with E-state index in [1.54, 1.807) is 6.07 Å². The molecule has 8 heteroatoms. The van der Waals surface area contributed by atoms with Crippen LogP contribution in [-0.2, 0) is 14.4 Å². The monoisotopic (exact) mass is 254 g/mol. The Hall–Kier alpha value is -2.40. The van der Waals surface area contributed by atoms with Gasteiger partial charge >= 0.3 is 5.97 Å². The minimum Gasteiger partial charge on any atom is -0.480 e. The third-order valence-electron chi connectivity index (χ3n) is 1.82. The van der Waals surface area contributed by atoms with E-state index in [-0.39, 0.29) is 12.1 Å². The molecule has 0 atom stereocenters. The van der Waals surface area contributed by atoms with Crippen molar-refractivity contribution < 1.29 is 19.5 Å². The van der Waals surface area contributed by atoms with Gasteiger partial charge in [-0.25, -0.2) is 0 Å². The first kappa shape index (κ1) is 15.6. The molecular formula is C10H14N4O4. The molecule has 18 heavy (non-hydrogen) atoms. The number of hydrogen-bond acceptors (Lipinski definition) is 5. The molecule has 0 aliphatic heterocycles. The van der Waals surface area contributed by atoms with Gasteiger partial charge in [0, 0.05) is 12.7 Å². The number of carbonyl (C=O) groups excluding carboxylic acids is 2. The highest BCUT2D eigenvalue weighted by molar-refractivity contribution is 5.98. The van der Waals surface area contributed by atoms with Crippen molar-refractivity contribution >= 4 is 18.3 Å². The topological polar surface area (TPSA) is 137 Å². The summed E-state index contributed by atoms with van der Waals surface area (Å²) in [5, 5.41) is 19.1. The van der Waals surface area contributed by atoms with Gasteiger partial charge in [-0.3, -0.25) is 14.4 Å². The standard InChI is InChI=1S/C10H14N4O4/c11-2-1-3-14(7-15)6-8(4-12)10(18)13-5-9(16)17/h6-7H,1-3,5,11H2,(H,13,18)(H,16,17)/b8-6-. The van der Waals surface area contributed by atoms with Gasteiger partial charge in [-0.05, 0) is 13.0 Å². The summed E-state index contributed by atoms with van der Waals surface area (Å²) < 4.78 is 0. The zero-order chi connectivity index (χ0) is 14.0. The van der Waals surface area contributed by atoms with Crippen LogP contribution in [0.15, 0.2) is 11.8 Å². The molecule has 0 heterocycles. The van der Waals surface area contributed by atoms with Crippen molar-refractivity contribution in [3.63, 3.8) is 0 Å². The summed E-state index contributed by atoms with van der Waals surface area (Å²) in [6, 6.07) is 1.59. The minimum atomic E-state index is -1.23. The van der Waals surface area contributed by atoms with Gasteiger partial charge in [0.25, 0.3) is 5.91 Å². The van der Waals surface area contributed by atoms with Gasteiger partial charge in [0.05, 0.1) is 0 Å². The number of carbonyl (C=O) groups is 3. The predicted octanol–water partition coefficient (Wildman–Crippen LogP) is -1.60. The maximum Gasteiger partial charge on any atom is 0.322 e. The van der Waals surface area contributed by atoms with E-state index in [0.29, 0.717) is 19.4 Å². The summed E-state index contributed by atoms with van der Waals surface area (Å²) in [5.41, 5.74) is 4.92. The average molecular weight is 254 g/mol. The quantitative estimate of drug-likeness (QED) is 0.271. The van der Waals surface area contributed by atoms with E-state index in [4.69, 9.17) is 16.1 Å². The first-order valence-corrected chi connectivity index (χ1v) is 5.08. The molecule has 0 unspecified atom stereocenters. The molecule has 0 spiro atoms. The van der Waals surface area contributed by atoms with Crippen LogP contribution in [0.25, 0.3) is 0 Å². The van der Waals surface area contributed by atoms with Gasteiger partial charge < -0.3 is 21.1 Å². The zero-order valence-electron chi connectivity index (χ0n) is 9.63. The average Bonchev–Trinajstić information content (AvgIpc) is 2.36. The number of nitrogens with two attached hydrogens (primary N) is 1. The number of hydrogen-bond donors (Lipinski definition) is 3. The first-order valence-electron chi connectivity index (χ1n) is 5.08. The first-order chi connectivity index (χ1) is 8.54. The summed E-state index contributed by atoms with van der Waals surface area (Å²) in [6.45, 7) is 0.0460. The van der Waals surface area contributed by atoms with Crippen molar-refractivity contribution in [1.29, 1.82) is 5.26 Å². The molecule has 98 valence electrons. The van der Waals surface area contributed by atoms with Gasteiger partial charge in [0.2, 0.25) is 6.41 Å². The number of carboxylic acid groups (broad SMARTS) is 1. The van der Waals surface area contributed by atoms with Crippen molar-refractivity contribution in [3.8, 4) is 6.07 Å². The van der Waals surface area contributed by atoms with Crippen molar-refractivity contribution in [3.05, 3.63) is 11.8 Å². The smallest absolute Gasteiger partial charge is 0.322 e. The van der Waals surface area contributed by atoms with Crippen LogP contribution in [0.2, 0.25) is 0 Å². The lowest BCUT2D eigenvalue weighted by atomic mass is 10.3. The normalized spacial score (nSPS) is 10.3. The van der Waals surface area contributed by atoms with Gasteiger partial charge in [0.1, 0.15) is 18.2 Å². The molecule has 0 bridgehead atoms. The highest BCUT2D eigenvalue weighted by Crippen LogP contribution is 1.97. The lowest BCUT2D eigenvalue weighted by Crippen LogP contribution is -2.31. The van der Waals surface area contributed by atoms with E-state index in [0.717, 1.165) is 11.1 Å². The summed E-state index contributed by atoms with van der Waals surface area (Å²) in [4.78, 5) is 33.4. The van der Waals surface area contributed by atoms with Crippen LogP contribution in [0.3, 0.4) is 0 Å². The van der Waals surface area contributed by atoms with Crippen LogP contribution in [0.4, 0.5) is 0 Å². The lowest BCUT2D eigenvalue weighted by Gasteiger charge is -2.11. The predicted molar refractivity (Wildman–Crippen MR) is 60.8 cm³/mol. The Morgan fingerprint density at radius 1 is 1.50 bits per heavy atom. The van der Waals surface area contributed by atoms with E-state index in [2.05, 4.69) is 0 Å². The van der Waals surface area contributed by atoms with Crippen LogP contribution in [-0.4, -0.2) is 47.9 Å². The third kappa shape index (κ3) is 6.24.